The fourth-order valence-corrected chi connectivity index (χ4v) is 3.07. The number of carbonyl (C=O) groups is 1. The van der Waals surface area contributed by atoms with Crippen LogP contribution in [0.5, 0.6) is 0 Å². The quantitative estimate of drug-likeness (QED) is 0.611. The van der Waals surface area contributed by atoms with Crippen LogP contribution in [0.2, 0.25) is 5.02 Å². The van der Waals surface area contributed by atoms with E-state index in [4.69, 9.17) is 23.8 Å². The van der Waals surface area contributed by atoms with Crippen LogP contribution >= 0.6 is 23.8 Å². The van der Waals surface area contributed by atoms with Crippen LogP contribution in [0.3, 0.4) is 0 Å². The maximum absolute atomic E-state index is 13.0. The molecule has 0 fully saturated rings. The van der Waals surface area contributed by atoms with Crippen molar-refractivity contribution < 1.29 is 4.79 Å². The van der Waals surface area contributed by atoms with Crippen molar-refractivity contribution in [3.05, 3.63) is 101 Å². The van der Waals surface area contributed by atoms with E-state index >= 15 is 0 Å². The van der Waals surface area contributed by atoms with Gasteiger partial charge in [-0.1, -0.05) is 60.1 Å². The van der Waals surface area contributed by atoms with Gasteiger partial charge in [-0.15, -0.1) is 0 Å². The normalized spacial score (nSPS) is 10.3. The first kappa shape index (κ1) is 19.1. The molecule has 0 saturated carbocycles. The third kappa shape index (κ3) is 5.16. The van der Waals surface area contributed by atoms with Gasteiger partial charge in [-0.2, -0.15) is 0 Å². The maximum atomic E-state index is 13.0. The zero-order chi connectivity index (χ0) is 19.1. The first-order valence-electron chi connectivity index (χ1n) is 8.62. The molecular weight excluding hydrogens is 376 g/mol. The Labute approximate surface area is 169 Å². The number of nitrogens with one attached hydrogen (secondary N) is 1. The Morgan fingerprint density at radius 2 is 1.48 bits per heavy atom. The van der Waals surface area contributed by atoms with Crippen LogP contribution in [0.25, 0.3) is 0 Å². The summed E-state index contributed by atoms with van der Waals surface area (Å²) >= 11 is 11.5. The van der Waals surface area contributed by atoms with E-state index in [-0.39, 0.29) is 5.91 Å². The van der Waals surface area contributed by atoms with Crippen molar-refractivity contribution in [3.63, 3.8) is 0 Å². The summed E-state index contributed by atoms with van der Waals surface area (Å²) in [4.78, 5) is 14.6. The number of hydrogen-bond donors (Lipinski definition) is 1. The number of carbonyl (C=O) groups excluding carboxylic acids is 1. The molecule has 27 heavy (non-hydrogen) atoms. The zero-order valence-corrected chi connectivity index (χ0v) is 16.2. The van der Waals surface area contributed by atoms with Gasteiger partial charge in [-0.05, 0) is 60.6 Å². The monoisotopic (exact) mass is 394 g/mol. The predicted molar refractivity (Wildman–Crippen MR) is 115 cm³/mol. The van der Waals surface area contributed by atoms with Gasteiger partial charge in [-0.3, -0.25) is 9.69 Å². The molecular formula is C22H19ClN2OS. The molecule has 3 aromatic rings. The molecule has 0 aliphatic rings. The summed E-state index contributed by atoms with van der Waals surface area (Å²) < 4.78 is 0. The molecule has 0 aliphatic carbocycles. The molecule has 0 unspecified atom stereocenters. The Morgan fingerprint density at radius 1 is 0.889 bits per heavy atom. The van der Waals surface area contributed by atoms with Crippen molar-refractivity contribution in [2.75, 3.05) is 11.4 Å². The molecule has 0 atom stereocenters. The highest BCUT2D eigenvalue weighted by Crippen LogP contribution is 2.17. The first-order valence-corrected chi connectivity index (χ1v) is 9.40. The molecule has 0 aromatic heterocycles. The molecule has 3 rings (SSSR count). The van der Waals surface area contributed by atoms with Crippen LogP contribution in [-0.2, 0) is 6.42 Å². The van der Waals surface area contributed by atoms with Crippen LogP contribution in [0.4, 0.5) is 5.69 Å². The second kappa shape index (κ2) is 9.31. The highest BCUT2D eigenvalue weighted by Gasteiger charge is 2.21. The fourth-order valence-electron chi connectivity index (χ4n) is 2.66. The lowest BCUT2D eigenvalue weighted by atomic mass is 10.1. The largest absolute Gasteiger partial charge is 0.362 e. The summed E-state index contributed by atoms with van der Waals surface area (Å²) in [5.41, 5.74) is 2.47. The summed E-state index contributed by atoms with van der Waals surface area (Å²) in [7, 11) is 0. The van der Waals surface area contributed by atoms with Crippen molar-refractivity contribution in [2.24, 2.45) is 0 Å². The van der Waals surface area contributed by atoms with Crippen LogP contribution in [0, 0.1) is 0 Å². The van der Waals surface area contributed by atoms with E-state index in [9.17, 15) is 4.79 Å². The van der Waals surface area contributed by atoms with E-state index in [0.29, 0.717) is 22.2 Å². The van der Waals surface area contributed by atoms with Crippen molar-refractivity contribution in [1.82, 2.24) is 5.32 Å². The molecule has 3 nitrogen and oxygen atoms in total. The van der Waals surface area contributed by atoms with Crippen LogP contribution in [-0.4, -0.2) is 17.6 Å². The van der Waals surface area contributed by atoms with Gasteiger partial charge in [0.25, 0.3) is 5.91 Å². The molecule has 1 amide bonds. The lowest BCUT2D eigenvalue weighted by Crippen LogP contribution is -2.44. The lowest BCUT2D eigenvalue weighted by Gasteiger charge is -2.24. The summed E-state index contributed by atoms with van der Waals surface area (Å²) in [5, 5.41) is 4.29. The van der Waals surface area contributed by atoms with E-state index in [1.807, 2.05) is 72.8 Å². The number of hydrogen-bond acceptors (Lipinski definition) is 2. The zero-order valence-electron chi connectivity index (χ0n) is 14.6. The average molecular weight is 395 g/mol. The van der Waals surface area contributed by atoms with E-state index < -0.39 is 0 Å². The molecule has 0 bridgehead atoms. The Morgan fingerprint density at radius 3 is 2.11 bits per heavy atom. The summed E-state index contributed by atoms with van der Waals surface area (Å²) in [6, 6.07) is 26.3. The van der Waals surface area contributed by atoms with Crippen LogP contribution < -0.4 is 10.2 Å². The number of amides is 1. The van der Waals surface area contributed by atoms with E-state index in [0.717, 1.165) is 17.7 Å². The van der Waals surface area contributed by atoms with E-state index in [1.54, 1.807) is 12.1 Å². The lowest BCUT2D eigenvalue weighted by molar-refractivity contribution is 0.100. The molecule has 0 heterocycles. The smallest absolute Gasteiger partial charge is 0.264 e. The number of halogens is 1. The number of benzene rings is 3. The molecule has 1 N–H and O–H groups in total. The first-order chi connectivity index (χ1) is 13.1. The van der Waals surface area contributed by atoms with Gasteiger partial charge in [0.15, 0.2) is 5.11 Å². The van der Waals surface area contributed by atoms with Crippen molar-refractivity contribution in [3.8, 4) is 0 Å². The SMILES string of the molecule is O=C(c1ccccc1)N(C(=S)NCCc1ccc(Cl)cc1)c1ccccc1. The molecule has 136 valence electrons. The van der Waals surface area contributed by atoms with Crippen molar-refractivity contribution in [1.29, 1.82) is 0 Å². The second-order valence-electron chi connectivity index (χ2n) is 5.95. The minimum atomic E-state index is -0.161. The molecule has 0 aliphatic heterocycles. The number of anilines is 1. The third-order valence-electron chi connectivity index (χ3n) is 4.04. The number of para-hydroxylation sites is 1. The van der Waals surface area contributed by atoms with Gasteiger partial charge in [0.1, 0.15) is 0 Å². The summed E-state index contributed by atoms with van der Waals surface area (Å²) in [5.74, 6) is -0.161. The fraction of sp³-hybridized carbons (Fsp3) is 0.0909. The van der Waals surface area contributed by atoms with Gasteiger partial charge in [0.2, 0.25) is 0 Å². The van der Waals surface area contributed by atoms with Crippen molar-refractivity contribution in [2.45, 2.75) is 6.42 Å². The Balaban J connectivity index is 1.73. The number of rotatable bonds is 5. The highest BCUT2D eigenvalue weighted by molar-refractivity contribution is 7.80. The van der Waals surface area contributed by atoms with E-state index in [2.05, 4.69) is 5.32 Å². The topological polar surface area (TPSA) is 32.3 Å². The predicted octanol–water partition coefficient (Wildman–Crippen LogP) is 5.10. The molecule has 0 saturated heterocycles. The van der Waals surface area contributed by atoms with Gasteiger partial charge >= 0.3 is 0 Å². The minimum Gasteiger partial charge on any atom is -0.362 e. The number of nitrogens with zero attached hydrogens (tertiary/aromatic N) is 1. The number of thiocarbonyl (C=S) groups is 1. The van der Waals surface area contributed by atoms with Gasteiger partial charge in [0.05, 0.1) is 5.69 Å². The van der Waals surface area contributed by atoms with Crippen LogP contribution in [0.1, 0.15) is 15.9 Å². The summed E-state index contributed by atoms with van der Waals surface area (Å²) in [6.07, 6.45) is 0.777. The van der Waals surface area contributed by atoms with Crippen LogP contribution in [0.15, 0.2) is 84.9 Å². The van der Waals surface area contributed by atoms with Gasteiger partial charge in [0, 0.05) is 17.1 Å². The molecule has 0 radical (unpaired) electrons. The Kier molecular flexibility index (Phi) is 6.58. The highest BCUT2D eigenvalue weighted by atomic mass is 35.5. The summed E-state index contributed by atoms with van der Waals surface area (Å²) in [6.45, 7) is 0.617. The molecule has 3 aromatic carbocycles. The molecule has 0 spiro atoms. The maximum Gasteiger partial charge on any atom is 0.264 e. The van der Waals surface area contributed by atoms with Crippen molar-refractivity contribution >= 4 is 40.5 Å². The third-order valence-corrected chi connectivity index (χ3v) is 4.62. The standard InChI is InChI=1S/C22H19ClN2OS/c23-19-13-11-17(12-14-19)15-16-24-22(27)25(20-9-5-2-6-10-20)21(26)18-7-3-1-4-8-18/h1-14H,15-16H2,(H,24,27). The minimum absolute atomic E-state index is 0.161. The molecule has 5 heteroatoms. The van der Waals surface area contributed by atoms with Gasteiger partial charge < -0.3 is 5.32 Å². The Hall–Kier alpha value is -2.69. The average Bonchev–Trinajstić information content (AvgIpc) is 2.71. The Bertz CT molecular complexity index is 899. The van der Waals surface area contributed by atoms with E-state index in [1.165, 1.54) is 4.90 Å². The van der Waals surface area contributed by atoms with Gasteiger partial charge in [-0.25, -0.2) is 0 Å². The second-order valence-corrected chi connectivity index (χ2v) is 6.77.